The quantitative estimate of drug-likeness (QED) is 0.163. The highest BCUT2D eigenvalue weighted by Crippen LogP contribution is 2.43. The largest absolute Gasteiger partial charge is 0.360 e. The molecule has 4 nitrogen and oxygen atoms in total. The fraction of sp³-hybridized carbons (Fsp3) is 0.0169. The summed E-state index contributed by atoms with van der Waals surface area (Å²) in [6, 6.07) is 79.9. The lowest BCUT2D eigenvalue weighted by molar-refractivity contribution is 0.664. The van der Waals surface area contributed by atoms with Gasteiger partial charge < -0.3 is 9.88 Å². The van der Waals surface area contributed by atoms with E-state index in [1.807, 2.05) is 6.07 Å². The van der Waals surface area contributed by atoms with E-state index >= 15 is 0 Å². The summed E-state index contributed by atoms with van der Waals surface area (Å²) in [6.45, 7) is 0. The van der Waals surface area contributed by atoms with Crippen LogP contribution in [0.15, 0.2) is 236 Å². The SMILES string of the molecule is C1=C(c2ccc(-c3ccccc3)cc2)NC(c2ccccc2)N=C1c1ccc(-c2ccc3c(c2)nc(-c2ccccc2)c2ccc4c(c5ccccc5n4-c4ccccc4)c23)cc1. The van der Waals surface area contributed by atoms with Gasteiger partial charge >= 0.3 is 0 Å². The van der Waals surface area contributed by atoms with E-state index < -0.39 is 0 Å². The minimum absolute atomic E-state index is 0.219. The molecule has 3 heterocycles. The molecule has 296 valence electrons. The van der Waals surface area contributed by atoms with E-state index in [9.17, 15) is 0 Å². The van der Waals surface area contributed by atoms with Crippen LogP contribution in [0.25, 0.3) is 88.4 Å². The summed E-state index contributed by atoms with van der Waals surface area (Å²) < 4.78 is 2.39. The number of hydrogen-bond donors (Lipinski definition) is 1. The predicted molar refractivity (Wildman–Crippen MR) is 263 cm³/mol. The second-order valence-corrected chi connectivity index (χ2v) is 16.2. The lowest BCUT2D eigenvalue weighted by Gasteiger charge is -2.25. The minimum atomic E-state index is -0.219. The van der Waals surface area contributed by atoms with E-state index in [4.69, 9.17) is 9.98 Å². The molecule has 1 unspecified atom stereocenters. The second-order valence-electron chi connectivity index (χ2n) is 16.2. The van der Waals surface area contributed by atoms with Crippen LogP contribution in [0.4, 0.5) is 0 Å². The predicted octanol–water partition coefficient (Wildman–Crippen LogP) is 14.6. The van der Waals surface area contributed by atoms with E-state index in [2.05, 4.69) is 234 Å². The van der Waals surface area contributed by atoms with Crippen LogP contribution >= 0.6 is 0 Å². The molecule has 0 saturated heterocycles. The highest BCUT2D eigenvalue weighted by atomic mass is 15.1. The molecule has 1 aliphatic heterocycles. The van der Waals surface area contributed by atoms with Gasteiger partial charge in [0.2, 0.25) is 0 Å². The van der Waals surface area contributed by atoms with Gasteiger partial charge in [-0.3, -0.25) is 4.99 Å². The molecule has 0 spiro atoms. The van der Waals surface area contributed by atoms with Crippen molar-refractivity contribution in [1.82, 2.24) is 14.9 Å². The normalized spacial score (nSPS) is 13.9. The summed E-state index contributed by atoms with van der Waals surface area (Å²) >= 11 is 0. The Morgan fingerprint density at radius 1 is 0.397 bits per heavy atom. The summed E-state index contributed by atoms with van der Waals surface area (Å²) in [4.78, 5) is 10.7. The number of hydrogen-bond acceptors (Lipinski definition) is 3. The Labute approximate surface area is 365 Å². The molecule has 2 aromatic heterocycles. The van der Waals surface area contributed by atoms with Gasteiger partial charge in [-0.05, 0) is 75.4 Å². The summed E-state index contributed by atoms with van der Waals surface area (Å²) in [5.74, 6) is 0. The van der Waals surface area contributed by atoms with Crippen LogP contribution in [0.2, 0.25) is 0 Å². The number of fused-ring (bicyclic) bond motifs is 7. The van der Waals surface area contributed by atoms with Crippen molar-refractivity contribution in [2.45, 2.75) is 6.17 Å². The van der Waals surface area contributed by atoms with Gasteiger partial charge in [-0.15, -0.1) is 0 Å². The first-order valence-electron chi connectivity index (χ1n) is 21.5. The van der Waals surface area contributed by atoms with Gasteiger partial charge in [0.25, 0.3) is 0 Å². The number of nitrogens with one attached hydrogen (secondary N) is 1. The number of benzene rings is 9. The fourth-order valence-electron chi connectivity index (χ4n) is 9.36. The molecule has 0 amide bonds. The monoisotopic (exact) mass is 804 g/mol. The summed E-state index contributed by atoms with van der Waals surface area (Å²) in [7, 11) is 0. The maximum absolute atomic E-state index is 5.46. The smallest absolute Gasteiger partial charge is 0.145 e. The highest BCUT2D eigenvalue weighted by Gasteiger charge is 2.22. The van der Waals surface area contributed by atoms with Gasteiger partial charge in [0.05, 0.1) is 28.0 Å². The van der Waals surface area contributed by atoms with Crippen LogP contribution in [-0.4, -0.2) is 15.3 Å². The van der Waals surface area contributed by atoms with Crippen molar-refractivity contribution in [2.24, 2.45) is 4.99 Å². The molecule has 0 fully saturated rings. The van der Waals surface area contributed by atoms with Gasteiger partial charge in [-0.1, -0.05) is 194 Å². The molecular formula is C59H40N4. The van der Waals surface area contributed by atoms with Crippen molar-refractivity contribution >= 4 is 54.9 Å². The number of para-hydroxylation sites is 2. The fourth-order valence-corrected chi connectivity index (χ4v) is 9.36. The molecular weight excluding hydrogens is 765 g/mol. The summed E-state index contributed by atoms with van der Waals surface area (Å²) in [6.07, 6.45) is 1.96. The van der Waals surface area contributed by atoms with Gasteiger partial charge in [-0.2, -0.15) is 0 Å². The van der Waals surface area contributed by atoms with E-state index in [1.165, 1.54) is 38.3 Å². The molecule has 0 saturated carbocycles. The average molecular weight is 805 g/mol. The molecule has 11 aromatic rings. The van der Waals surface area contributed by atoms with E-state index in [0.29, 0.717) is 0 Å². The van der Waals surface area contributed by atoms with Crippen molar-refractivity contribution in [2.75, 3.05) is 0 Å². The van der Waals surface area contributed by atoms with Crippen LogP contribution in [0.5, 0.6) is 0 Å². The molecule has 12 rings (SSSR count). The van der Waals surface area contributed by atoms with Crippen molar-refractivity contribution in [1.29, 1.82) is 0 Å². The number of aliphatic imine (C=N–C) groups is 1. The topological polar surface area (TPSA) is 42.2 Å². The van der Waals surface area contributed by atoms with Crippen LogP contribution < -0.4 is 5.32 Å². The number of allylic oxidation sites excluding steroid dienone is 1. The lowest BCUT2D eigenvalue weighted by atomic mass is 9.94. The van der Waals surface area contributed by atoms with Gasteiger partial charge in [-0.25, -0.2) is 4.98 Å². The van der Waals surface area contributed by atoms with Gasteiger partial charge in [0.1, 0.15) is 6.17 Å². The average Bonchev–Trinajstić information content (AvgIpc) is 3.71. The van der Waals surface area contributed by atoms with Crippen LogP contribution in [0.3, 0.4) is 0 Å². The minimum Gasteiger partial charge on any atom is -0.360 e. The highest BCUT2D eigenvalue weighted by molar-refractivity contribution is 6.29. The Bertz CT molecular complexity index is 3540. The van der Waals surface area contributed by atoms with E-state index in [0.717, 1.165) is 72.5 Å². The third-order valence-electron chi connectivity index (χ3n) is 12.4. The zero-order valence-electron chi connectivity index (χ0n) is 34.4. The molecule has 1 aliphatic rings. The molecule has 0 radical (unpaired) electrons. The van der Waals surface area contributed by atoms with Crippen molar-refractivity contribution in [3.05, 3.63) is 247 Å². The van der Waals surface area contributed by atoms with Crippen LogP contribution in [-0.2, 0) is 0 Å². The Morgan fingerprint density at radius 2 is 0.952 bits per heavy atom. The zero-order valence-corrected chi connectivity index (χ0v) is 34.4. The third-order valence-corrected chi connectivity index (χ3v) is 12.4. The second kappa shape index (κ2) is 15.3. The molecule has 4 heteroatoms. The Hall–Kier alpha value is -8.34. The zero-order chi connectivity index (χ0) is 41.7. The number of nitrogens with zero attached hydrogens (tertiary/aromatic N) is 3. The van der Waals surface area contributed by atoms with Crippen molar-refractivity contribution in [3.63, 3.8) is 0 Å². The molecule has 0 aliphatic carbocycles. The number of rotatable bonds is 7. The Kier molecular flexibility index (Phi) is 8.86. The first-order chi connectivity index (χ1) is 31.2. The third kappa shape index (κ3) is 6.48. The van der Waals surface area contributed by atoms with Crippen molar-refractivity contribution < 1.29 is 0 Å². The first kappa shape index (κ1) is 36.5. The Balaban J connectivity index is 0.969. The molecule has 1 N–H and O–H groups in total. The van der Waals surface area contributed by atoms with E-state index in [-0.39, 0.29) is 6.17 Å². The van der Waals surface area contributed by atoms with Gasteiger partial charge in [0.15, 0.2) is 0 Å². The molecule has 1 atom stereocenters. The molecule has 0 bridgehead atoms. The first-order valence-corrected chi connectivity index (χ1v) is 21.5. The number of pyridine rings is 1. The number of aromatic nitrogens is 2. The van der Waals surface area contributed by atoms with Crippen LogP contribution in [0.1, 0.15) is 22.9 Å². The molecule has 9 aromatic carbocycles. The summed E-state index contributed by atoms with van der Waals surface area (Å²) in [5.41, 5.74) is 16.5. The summed E-state index contributed by atoms with van der Waals surface area (Å²) in [5, 5.41) is 9.69. The Morgan fingerprint density at radius 3 is 1.68 bits per heavy atom. The maximum atomic E-state index is 5.46. The van der Waals surface area contributed by atoms with E-state index in [1.54, 1.807) is 0 Å². The van der Waals surface area contributed by atoms with Crippen LogP contribution in [0, 0.1) is 0 Å². The standard InChI is InChI=1S/C59H40N4/c1-5-15-39(16-6-1)40-25-29-42(30-26-40)51-38-52(62-59(61-51)45-19-9-3-10-20-45)43-31-27-41(28-32-43)46-33-34-48-53(37-46)60-58(44-17-7-2-8-18-44)50-35-36-55-57(56(48)50)49-23-13-14-24-54(49)63(55)47-21-11-4-12-22-47/h1-38,59,61H. The lowest BCUT2D eigenvalue weighted by Crippen LogP contribution is -2.24. The molecule has 63 heavy (non-hydrogen) atoms. The van der Waals surface area contributed by atoms with Gasteiger partial charge in [0, 0.05) is 43.9 Å². The maximum Gasteiger partial charge on any atom is 0.145 e. The van der Waals surface area contributed by atoms with Crippen molar-refractivity contribution in [3.8, 4) is 39.2 Å².